The van der Waals surface area contributed by atoms with Crippen molar-refractivity contribution in [3.8, 4) is 11.5 Å². The number of methoxy groups -OCH3 is 2. The highest BCUT2D eigenvalue weighted by Gasteiger charge is 2.32. The van der Waals surface area contributed by atoms with Gasteiger partial charge in [0.1, 0.15) is 17.0 Å². The van der Waals surface area contributed by atoms with Crippen LogP contribution in [0.15, 0.2) is 46.3 Å². The van der Waals surface area contributed by atoms with Gasteiger partial charge in [0.15, 0.2) is 4.80 Å². The lowest BCUT2D eigenvalue weighted by atomic mass is 10.2. The number of carbonyl (C=O) groups is 1. The fraction of sp³-hybridized carbons (Fsp3) is 0.391. The number of fused-ring (bicyclic) bond motifs is 1. The van der Waals surface area contributed by atoms with Crippen LogP contribution in [0.5, 0.6) is 11.5 Å². The van der Waals surface area contributed by atoms with Gasteiger partial charge in [0.05, 0.1) is 36.0 Å². The number of morpholine rings is 1. The van der Waals surface area contributed by atoms with E-state index in [0.29, 0.717) is 35.0 Å². The summed E-state index contributed by atoms with van der Waals surface area (Å²) in [5.74, 6) is 0.791. The van der Waals surface area contributed by atoms with Crippen molar-refractivity contribution in [2.75, 3.05) is 27.3 Å². The normalized spacial score (nSPS) is 20.0. The van der Waals surface area contributed by atoms with E-state index in [1.165, 1.54) is 39.9 Å². The second-order valence-electron chi connectivity index (χ2n) is 8.14. The van der Waals surface area contributed by atoms with Gasteiger partial charge in [0.25, 0.3) is 5.91 Å². The minimum Gasteiger partial charge on any atom is -0.497 e. The molecule has 34 heavy (non-hydrogen) atoms. The quantitative estimate of drug-likeness (QED) is 0.529. The molecule has 0 N–H and O–H groups in total. The first-order valence-corrected chi connectivity index (χ1v) is 13.0. The third-order valence-electron chi connectivity index (χ3n) is 5.62. The zero-order chi connectivity index (χ0) is 24.6. The lowest BCUT2D eigenvalue weighted by Crippen LogP contribution is -2.48. The summed E-state index contributed by atoms with van der Waals surface area (Å²) in [6.07, 6.45) is -0.363. The Balaban J connectivity index is 1.63. The zero-order valence-corrected chi connectivity index (χ0v) is 21.3. The van der Waals surface area contributed by atoms with Crippen LogP contribution < -0.4 is 14.3 Å². The fourth-order valence-electron chi connectivity index (χ4n) is 4.00. The third-order valence-corrected chi connectivity index (χ3v) is 8.54. The molecule has 2 aromatic carbocycles. The number of hydrogen-bond acceptors (Lipinski definition) is 7. The van der Waals surface area contributed by atoms with Crippen LogP contribution in [0.3, 0.4) is 0 Å². The molecule has 0 saturated carbocycles. The maximum Gasteiger partial charge on any atom is 0.279 e. The van der Waals surface area contributed by atoms with E-state index in [9.17, 15) is 13.2 Å². The van der Waals surface area contributed by atoms with Crippen LogP contribution in [0.4, 0.5) is 0 Å². The molecule has 0 bridgehead atoms. The minimum absolute atomic E-state index is 0.134. The van der Waals surface area contributed by atoms with Crippen LogP contribution in [0.2, 0.25) is 0 Å². The van der Waals surface area contributed by atoms with E-state index in [2.05, 4.69) is 4.99 Å². The molecule has 2 unspecified atom stereocenters. The van der Waals surface area contributed by atoms with Gasteiger partial charge in [0, 0.05) is 31.8 Å². The van der Waals surface area contributed by atoms with Crippen LogP contribution in [0, 0.1) is 0 Å². The molecule has 1 saturated heterocycles. The van der Waals surface area contributed by atoms with Gasteiger partial charge >= 0.3 is 0 Å². The molecule has 1 aliphatic rings. The van der Waals surface area contributed by atoms with Gasteiger partial charge in [-0.05, 0) is 44.2 Å². The van der Waals surface area contributed by atoms with Gasteiger partial charge in [-0.2, -0.15) is 9.30 Å². The molecule has 0 radical (unpaired) electrons. The number of thiazole rings is 1. The maximum atomic E-state index is 13.0. The molecular formula is C23H27N3O6S2. The number of hydrogen-bond donors (Lipinski definition) is 0. The Labute approximate surface area is 202 Å². The number of aromatic nitrogens is 1. The smallest absolute Gasteiger partial charge is 0.279 e. The van der Waals surface area contributed by atoms with Crippen molar-refractivity contribution in [3.05, 3.63) is 46.8 Å². The van der Waals surface area contributed by atoms with E-state index >= 15 is 0 Å². The predicted molar refractivity (Wildman–Crippen MR) is 129 cm³/mol. The Bertz CT molecular complexity index is 1380. The van der Waals surface area contributed by atoms with Gasteiger partial charge in [-0.3, -0.25) is 4.79 Å². The number of sulfonamides is 1. The molecule has 1 aliphatic heterocycles. The number of amides is 1. The van der Waals surface area contributed by atoms with Gasteiger partial charge < -0.3 is 18.8 Å². The highest BCUT2D eigenvalue weighted by molar-refractivity contribution is 7.89. The zero-order valence-electron chi connectivity index (χ0n) is 19.6. The second-order valence-corrected chi connectivity index (χ2v) is 11.1. The van der Waals surface area contributed by atoms with Gasteiger partial charge in [0.2, 0.25) is 10.0 Å². The van der Waals surface area contributed by atoms with E-state index < -0.39 is 15.9 Å². The number of carbonyl (C=O) groups excluding carboxylic acids is 1. The molecule has 0 aliphatic carbocycles. The number of aryl methyl sites for hydroxylation is 1. The molecule has 0 spiro atoms. The monoisotopic (exact) mass is 505 g/mol. The second kappa shape index (κ2) is 9.49. The molecular weight excluding hydrogens is 478 g/mol. The summed E-state index contributed by atoms with van der Waals surface area (Å²) >= 11 is 1.33. The van der Waals surface area contributed by atoms with E-state index in [1.54, 1.807) is 31.9 Å². The molecule has 3 aromatic rings. The van der Waals surface area contributed by atoms with Gasteiger partial charge in [-0.15, -0.1) is 0 Å². The molecule has 2 atom stereocenters. The highest BCUT2D eigenvalue weighted by Crippen LogP contribution is 2.32. The third kappa shape index (κ3) is 4.61. The Kier molecular flexibility index (Phi) is 6.81. The van der Waals surface area contributed by atoms with Crippen LogP contribution in [0.25, 0.3) is 10.2 Å². The first-order chi connectivity index (χ1) is 16.1. The molecule has 2 heterocycles. The molecule has 1 fully saturated rings. The molecule has 1 amide bonds. The Morgan fingerprint density at radius 2 is 1.74 bits per heavy atom. The lowest BCUT2D eigenvalue weighted by Gasteiger charge is -2.34. The van der Waals surface area contributed by atoms with E-state index in [4.69, 9.17) is 14.2 Å². The molecule has 4 rings (SSSR count). The average molecular weight is 506 g/mol. The topological polar surface area (TPSA) is 99.4 Å². The standard InChI is InChI=1S/C23H27N3O6S2/c1-14-12-26(13-15(2)32-14)34(28,29)18-8-6-16(7-9-18)22(27)24-23-25(3)21-19(31-5)10-17(30-4)11-20(21)33-23/h6-11,14-15H,12-13H2,1-5H3. The number of ether oxygens (including phenoxy) is 3. The Hall–Kier alpha value is -2.73. The van der Waals surface area contributed by atoms with Crippen molar-refractivity contribution in [3.63, 3.8) is 0 Å². The van der Waals surface area contributed by atoms with Crippen LogP contribution in [0.1, 0.15) is 24.2 Å². The summed E-state index contributed by atoms with van der Waals surface area (Å²) in [6, 6.07) is 9.50. The van der Waals surface area contributed by atoms with Crippen LogP contribution >= 0.6 is 11.3 Å². The largest absolute Gasteiger partial charge is 0.497 e. The van der Waals surface area contributed by atoms with Crippen molar-refractivity contribution in [1.29, 1.82) is 0 Å². The van der Waals surface area contributed by atoms with Crippen molar-refractivity contribution in [2.24, 2.45) is 12.0 Å². The van der Waals surface area contributed by atoms with E-state index in [1.807, 2.05) is 19.9 Å². The highest BCUT2D eigenvalue weighted by atomic mass is 32.2. The predicted octanol–water partition coefficient (Wildman–Crippen LogP) is 2.80. The summed E-state index contributed by atoms with van der Waals surface area (Å²) in [5.41, 5.74) is 1.10. The van der Waals surface area contributed by atoms with Crippen LogP contribution in [-0.2, 0) is 21.8 Å². The van der Waals surface area contributed by atoms with Crippen molar-refractivity contribution in [1.82, 2.24) is 8.87 Å². The van der Waals surface area contributed by atoms with Crippen LogP contribution in [-0.4, -0.2) is 62.7 Å². The maximum absolute atomic E-state index is 13.0. The number of rotatable bonds is 5. The SMILES string of the molecule is COc1cc(OC)c2c(c1)sc(=NC(=O)c1ccc(S(=O)(=O)N3CC(C)OC(C)C3)cc1)n2C. The molecule has 1 aromatic heterocycles. The van der Waals surface area contributed by atoms with Crippen molar-refractivity contribution >= 4 is 37.5 Å². The van der Waals surface area contributed by atoms with Gasteiger partial charge in [-0.1, -0.05) is 11.3 Å². The lowest BCUT2D eigenvalue weighted by molar-refractivity contribution is -0.0440. The average Bonchev–Trinajstić information content (AvgIpc) is 3.12. The summed E-state index contributed by atoms with van der Waals surface area (Å²) in [5, 5.41) is 0. The fourth-order valence-corrected chi connectivity index (χ4v) is 6.65. The Morgan fingerprint density at radius 1 is 1.09 bits per heavy atom. The summed E-state index contributed by atoms with van der Waals surface area (Å²) in [7, 11) is 1.27. The molecule has 182 valence electrons. The van der Waals surface area contributed by atoms with E-state index in [-0.39, 0.29) is 17.1 Å². The van der Waals surface area contributed by atoms with Crippen molar-refractivity contribution < 1.29 is 27.4 Å². The summed E-state index contributed by atoms with van der Waals surface area (Å²) in [6.45, 7) is 4.28. The molecule has 9 nitrogen and oxygen atoms in total. The summed E-state index contributed by atoms with van der Waals surface area (Å²) in [4.78, 5) is 17.8. The first kappa shape index (κ1) is 24.4. The molecule has 11 heteroatoms. The van der Waals surface area contributed by atoms with Crippen molar-refractivity contribution in [2.45, 2.75) is 31.0 Å². The Morgan fingerprint density at radius 3 is 2.32 bits per heavy atom. The number of benzene rings is 2. The van der Waals surface area contributed by atoms with E-state index in [0.717, 1.165) is 10.2 Å². The minimum atomic E-state index is -3.68. The first-order valence-electron chi connectivity index (χ1n) is 10.7. The van der Waals surface area contributed by atoms with Gasteiger partial charge in [-0.25, -0.2) is 8.42 Å². The number of nitrogens with zero attached hydrogens (tertiary/aromatic N) is 3. The summed E-state index contributed by atoms with van der Waals surface area (Å²) < 4.78 is 46.6.